The highest BCUT2D eigenvalue weighted by molar-refractivity contribution is 5.76. The van der Waals surface area contributed by atoms with Gasteiger partial charge in [-0.15, -0.1) is 0 Å². The zero-order valence-electron chi connectivity index (χ0n) is 14.0. The number of rotatable bonds is 6. The van der Waals surface area contributed by atoms with Crippen molar-refractivity contribution >= 4 is 5.91 Å². The molecule has 4 nitrogen and oxygen atoms in total. The van der Waals surface area contributed by atoms with Crippen LogP contribution in [-0.2, 0) is 11.3 Å². The molecule has 0 saturated carbocycles. The van der Waals surface area contributed by atoms with Crippen molar-refractivity contribution in [3.63, 3.8) is 0 Å². The molecule has 2 N–H and O–H groups in total. The minimum Gasteiger partial charge on any atom is -0.392 e. The second kappa shape index (κ2) is 8.28. The number of nitriles is 1. The van der Waals surface area contributed by atoms with Crippen LogP contribution in [0.5, 0.6) is 0 Å². The molecule has 24 heavy (non-hydrogen) atoms. The molecule has 0 aliphatic rings. The summed E-state index contributed by atoms with van der Waals surface area (Å²) in [5.74, 6) is -0.0923. The fraction of sp³-hybridized carbons (Fsp3) is 0.300. The molecule has 124 valence electrons. The van der Waals surface area contributed by atoms with Crippen molar-refractivity contribution in [3.05, 3.63) is 59.7 Å². The Morgan fingerprint density at radius 3 is 2.46 bits per heavy atom. The summed E-state index contributed by atoms with van der Waals surface area (Å²) in [7, 11) is 0. The van der Waals surface area contributed by atoms with Crippen molar-refractivity contribution in [3.8, 4) is 17.2 Å². The van der Waals surface area contributed by atoms with E-state index in [9.17, 15) is 15.2 Å². The van der Waals surface area contributed by atoms with Crippen LogP contribution in [0.4, 0.5) is 0 Å². The zero-order chi connectivity index (χ0) is 17.5. The van der Waals surface area contributed by atoms with Crippen LogP contribution in [-0.4, -0.2) is 17.1 Å². The van der Waals surface area contributed by atoms with Crippen LogP contribution in [0.3, 0.4) is 0 Å². The molecule has 4 heteroatoms. The first-order valence-corrected chi connectivity index (χ1v) is 8.04. The Morgan fingerprint density at radius 2 is 1.83 bits per heavy atom. The van der Waals surface area contributed by atoms with Gasteiger partial charge < -0.3 is 10.4 Å². The highest BCUT2D eigenvalue weighted by Crippen LogP contribution is 2.23. The SMILES string of the molecule is CC(C)C(O)CC(=O)NCc1ccc(-c2ccccc2C#N)cc1. The van der Waals surface area contributed by atoms with Crippen molar-refractivity contribution in [2.75, 3.05) is 0 Å². The molecule has 1 amide bonds. The van der Waals surface area contributed by atoms with Crippen LogP contribution in [0.2, 0.25) is 0 Å². The molecule has 0 radical (unpaired) electrons. The number of benzene rings is 2. The lowest BCUT2D eigenvalue weighted by Gasteiger charge is -2.14. The van der Waals surface area contributed by atoms with Crippen molar-refractivity contribution in [1.29, 1.82) is 5.26 Å². The van der Waals surface area contributed by atoms with E-state index in [1.165, 1.54) is 0 Å². The Labute approximate surface area is 142 Å². The number of nitrogens with zero attached hydrogens (tertiary/aromatic N) is 1. The van der Waals surface area contributed by atoms with E-state index < -0.39 is 6.10 Å². The maximum absolute atomic E-state index is 11.8. The topological polar surface area (TPSA) is 73.1 Å². The van der Waals surface area contributed by atoms with Gasteiger partial charge >= 0.3 is 0 Å². The number of amides is 1. The van der Waals surface area contributed by atoms with Crippen molar-refractivity contribution in [2.45, 2.75) is 32.9 Å². The Bertz CT molecular complexity index is 730. The van der Waals surface area contributed by atoms with E-state index >= 15 is 0 Å². The Balaban J connectivity index is 1.98. The number of carbonyl (C=O) groups excluding carboxylic acids is 1. The van der Waals surface area contributed by atoms with Gasteiger partial charge in [-0.1, -0.05) is 56.3 Å². The quantitative estimate of drug-likeness (QED) is 0.857. The predicted octanol–water partition coefficient (Wildman–Crippen LogP) is 3.25. The lowest BCUT2D eigenvalue weighted by Crippen LogP contribution is -2.29. The Morgan fingerprint density at radius 1 is 1.17 bits per heavy atom. The molecule has 0 spiro atoms. The molecule has 1 unspecified atom stereocenters. The lowest BCUT2D eigenvalue weighted by atomic mass is 9.99. The van der Waals surface area contributed by atoms with Gasteiger partial charge in [-0.05, 0) is 28.7 Å². The van der Waals surface area contributed by atoms with Gasteiger partial charge in [0.25, 0.3) is 0 Å². The first-order chi connectivity index (χ1) is 11.5. The fourth-order valence-corrected chi connectivity index (χ4v) is 2.33. The second-order valence-corrected chi connectivity index (χ2v) is 6.15. The summed E-state index contributed by atoms with van der Waals surface area (Å²) in [6.07, 6.45) is -0.500. The van der Waals surface area contributed by atoms with Crippen LogP contribution in [0.25, 0.3) is 11.1 Å². The minimum atomic E-state index is -0.616. The Hall–Kier alpha value is -2.64. The van der Waals surface area contributed by atoms with Gasteiger partial charge in [-0.2, -0.15) is 5.26 Å². The third-order valence-electron chi connectivity index (χ3n) is 3.97. The maximum Gasteiger partial charge on any atom is 0.222 e. The zero-order valence-corrected chi connectivity index (χ0v) is 14.0. The monoisotopic (exact) mass is 322 g/mol. The van der Waals surface area contributed by atoms with Crippen LogP contribution in [0.1, 0.15) is 31.4 Å². The first-order valence-electron chi connectivity index (χ1n) is 8.04. The first kappa shape index (κ1) is 17.7. The third-order valence-corrected chi connectivity index (χ3v) is 3.97. The number of hydrogen-bond acceptors (Lipinski definition) is 3. The van der Waals surface area contributed by atoms with E-state index in [2.05, 4.69) is 11.4 Å². The molecular weight excluding hydrogens is 300 g/mol. The average Bonchev–Trinajstić information content (AvgIpc) is 2.60. The summed E-state index contributed by atoms with van der Waals surface area (Å²) in [5, 5.41) is 21.7. The van der Waals surface area contributed by atoms with Gasteiger partial charge in [0, 0.05) is 6.54 Å². The summed E-state index contributed by atoms with van der Waals surface area (Å²) in [5.41, 5.74) is 3.48. The number of aliphatic hydroxyl groups is 1. The average molecular weight is 322 g/mol. The number of hydrogen-bond donors (Lipinski definition) is 2. The molecule has 0 bridgehead atoms. The molecule has 0 saturated heterocycles. The predicted molar refractivity (Wildman–Crippen MR) is 93.9 cm³/mol. The summed E-state index contributed by atoms with van der Waals surface area (Å²) in [6, 6.07) is 17.4. The molecule has 0 heterocycles. The lowest BCUT2D eigenvalue weighted by molar-refractivity contribution is -0.123. The third kappa shape index (κ3) is 4.68. The fourth-order valence-electron chi connectivity index (χ4n) is 2.33. The summed E-state index contributed by atoms with van der Waals surface area (Å²) in [6.45, 7) is 4.19. The van der Waals surface area contributed by atoms with Crippen molar-refractivity contribution in [2.24, 2.45) is 5.92 Å². The molecule has 0 aliphatic carbocycles. The Kier molecular flexibility index (Phi) is 6.11. The van der Waals surface area contributed by atoms with E-state index in [0.29, 0.717) is 12.1 Å². The summed E-state index contributed by atoms with van der Waals surface area (Å²) in [4.78, 5) is 11.8. The largest absolute Gasteiger partial charge is 0.392 e. The van der Waals surface area contributed by atoms with Crippen LogP contribution in [0, 0.1) is 17.2 Å². The van der Waals surface area contributed by atoms with Crippen molar-refractivity contribution < 1.29 is 9.90 Å². The molecule has 0 aliphatic heterocycles. The summed E-state index contributed by atoms with van der Waals surface area (Å²) >= 11 is 0. The highest BCUT2D eigenvalue weighted by atomic mass is 16.3. The molecule has 1 atom stereocenters. The number of aliphatic hydroxyl groups excluding tert-OH is 1. The molecule has 0 fully saturated rings. The highest BCUT2D eigenvalue weighted by Gasteiger charge is 2.13. The van der Waals surface area contributed by atoms with Gasteiger partial charge in [-0.3, -0.25) is 4.79 Å². The van der Waals surface area contributed by atoms with E-state index in [1.54, 1.807) is 6.07 Å². The summed E-state index contributed by atoms with van der Waals surface area (Å²) < 4.78 is 0. The van der Waals surface area contributed by atoms with Crippen LogP contribution >= 0.6 is 0 Å². The van der Waals surface area contributed by atoms with Gasteiger partial charge in [-0.25, -0.2) is 0 Å². The van der Waals surface area contributed by atoms with E-state index in [4.69, 9.17) is 0 Å². The molecule has 2 aromatic rings. The molecule has 0 aromatic heterocycles. The van der Waals surface area contributed by atoms with Crippen molar-refractivity contribution in [1.82, 2.24) is 5.32 Å². The van der Waals surface area contributed by atoms with E-state index in [1.807, 2.05) is 56.3 Å². The van der Waals surface area contributed by atoms with Gasteiger partial charge in [0.05, 0.1) is 24.2 Å². The maximum atomic E-state index is 11.8. The standard InChI is InChI=1S/C20H22N2O2/c1-14(2)19(23)11-20(24)22-13-15-7-9-16(10-8-15)18-6-4-3-5-17(18)12-21/h3-10,14,19,23H,11,13H2,1-2H3,(H,22,24). The van der Waals surface area contributed by atoms with Gasteiger partial charge in [0.15, 0.2) is 0 Å². The van der Waals surface area contributed by atoms with Crippen LogP contribution < -0.4 is 5.32 Å². The smallest absolute Gasteiger partial charge is 0.222 e. The van der Waals surface area contributed by atoms with E-state index in [0.717, 1.165) is 16.7 Å². The van der Waals surface area contributed by atoms with E-state index in [-0.39, 0.29) is 18.2 Å². The number of nitrogens with one attached hydrogen (secondary N) is 1. The minimum absolute atomic E-state index is 0.0650. The van der Waals surface area contributed by atoms with Crippen LogP contribution in [0.15, 0.2) is 48.5 Å². The van der Waals surface area contributed by atoms with Gasteiger partial charge in [0.2, 0.25) is 5.91 Å². The normalized spacial score (nSPS) is 11.8. The second-order valence-electron chi connectivity index (χ2n) is 6.15. The number of carbonyl (C=O) groups is 1. The molecule has 2 aromatic carbocycles. The molecule has 2 rings (SSSR count). The molecular formula is C20H22N2O2. The van der Waals surface area contributed by atoms with Gasteiger partial charge in [0.1, 0.15) is 0 Å².